The Labute approximate surface area is 110 Å². The molecule has 0 spiro atoms. The van der Waals surface area contributed by atoms with Gasteiger partial charge in [0.25, 0.3) is 5.78 Å². The number of hydrogen-bond acceptors (Lipinski definition) is 5. The third-order valence-corrected chi connectivity index (χ3v) is 2.77. The van der Waals surface area contributed by atoms with Gasteiger partial charge >= 0.3 is 0 Å². The molecule has 0 aromatic carbocycles. The summed E-state index contributed by atoms with van der Waals surface area (Å²) >= 11 is 0. The second-order valence-electron chi connectivity index (χ2n) is 4.36. The van der Waals surface area contributed by atoms with Gasteiger partial charge in [0, 0.05) is 17.6 Å². The molecule has 96 valence electrons. The van der Waals surface area contributed by atoms with E-state index in [1.54, 1.807) is 10.7 Å². The highest BCUT2D eigenvalue weighted by atomic mass is 15.4. The van der Waals surface area contributed by atoms with Crippen LogP contribution in [0, 0.1) is 13.8 Å². The largest absolute Gasteiger partial charge is 0.347 e. The van der Waals surface area contributed by atoms with E-state index in [9.17, 15) is 0 Å². The van der Waals surface area contributed by atoms with Crippen LogP contribution in [0.4, 0.5) is 5.95 Å². The molecule has 0 amide bonds. The summed E-state index contributed by atoms with van der Waals surface area (Å²) in [6.07, 6.45) is 1.77. The van der Waals surface area contributed by atoms with E-state index in [1.165, 1.54) is 0 Å². The molecule has 0 aliphatic rings. The standard InChI is InChI=1S/C13H14N6/c1-9-7-10(2)19-13(16-9)17-12(18-19)15-8-11-5-3-4-6-14-11/h3-7H,8H2,1-2H3,(H,15,18). The highest BCUT2D eigenvalue weighted by Gasteiger charge is 2.07. The lowest BCUT2D eigenvalue weighted by molar-refractivity contribution is 0.881. The average molecular weight is 254 g/mol. The molecular formula is C13H14N6. The molecule has 3 rings (SSSR count). The Morgan fingerprint density at radius 3 is 2.89 bits per heavy atom. The highest BCUT2D eigenvalue weighted by Crippen LogP contribution is 2.08. The molecule has 3 heterocycles. The van der Waals surface area contributed by atoms with Crippen molar-refractivity contribution in [3.63, 3.8) is 0 Å². The summed E-state index contributed by atoms with van der Waals surface area (Å²) in [4.78, 5) is 12.9. The summed E-state index contributed by atoms with van der Waals surface area (Å²) in [6.45, 7) is 4.53. The minimum atomic E-state index is 0.562. The van der Waals surface area contributed by atoms with Gasteiger partial charge in [0.1, 0.15) is 0 Å². The van der Waals surface area contributed by atoms with Crippen molar-refractivity contribution < 1.29 is 0 Å². The van der Waals surface area contributed by atoms with Gasteiger partial charge in [-0.2, -0.15) is 9.50 Å². The van der Waals surface area contributed by atoms with Crippen LogP contribution < -0.4 is 5.32 Å². The topological polar surface area (TPSA) is 68.0 Å². The zero-order chi connectivity index (χ0) is 13.2. The quantitative estimate of drug-likeness (QED) is 0.771. The maximum absolute atomic E-state index is 4.37. The average Bonchev–Trinajstić information content (AvgIpc) is 2.81. The number of rotatable bonds is 3. The maximum atomic E-state index is 4.37. The Bertz CT molecular complexity index is 704. The summed E-state index contributed by atoms with van der Waals surface area (Å²) < 4.78 is 1.73. The van der Waals surface area contributed by atoms with Gasteiger partial charge in [0.05, 0.1) is 12.2 Å². The van der Waals surface area contributed by atoms with Gasteiger partial charge in [0.15, 0.2) is 0 Å². The molecule has 0 atom stereocenters. The lowest BCUT2D eigenvalue weighted by Gasteiger charge is -1.99. The zero-order valence-corrected chi connectivity index (χ0v) is 10.8. The van der Waals surface area contributed by atoms with E-state index in [0.29, 0.717) is 18.3 Å². The maximum Gasteiger partial charge on any atom is 0.254 e. The van der Waals surface area contributed by atoms with Crippen molar-refractivity contribution in [1.29, 1.82) is 0 Å². The van der Waals surface area contributed by atoms with Crippen molar-refractivity contribution in [3.05, 3.63) is 47.5 Å². The Hall–Kier alpha value is -2.50. The van der Waals surface area contributed by atoms with Gasteiger partial charge in [-0.3, -0.25) is 4.98 Å². The number of aromatic nitrogens is 5. The van der Waals surface area contributed by atoms with Gasteiger partial charge < -0.3 is 5.32 Å². The van der Waals surface area contributed by atoms with E-state index < -0.39 is 0 Å². The van der Waals surface area contributed by atoms with E-state index in [2.05, 4.69) is 25.4 Å². The van der Waals surface area contributed by atoms with E-state index in [-0.39, 0.29) is 0 Å². The van der Waals surface area contributed by atoms with Crippen molar-refractivity contribution in [2.24, 2.45) is 0 Å². The fourth-order valence-electron chi connectivity index (χ4n) is 1.91. The van der Waals surface area contributed by atoms with E-state index in [4.69, 9.17) is 0 Å². The van der Waals surface area contributed by atoms with Gasteiger partial charge in [-0.05, 0) is 32.0 Å². The predicted octanol–water partition coefficient (Wildman–Crippen LogP) is 1.75. The Balaban J connectivity index is 1.84. The first kappa shape index (κ1) is 11.6. The van der Waals surface area contributed by atoms with Gasteiger partial charge in [-0.1, -0.05) is 6.07 Å². The number of pyridine rings is 1. The van der Waals surface area contributed by atoms with Crippen molar-refractivity contribution in [3.8, 4) is 0 Å². The minimum absolute atomic E-state index is 0.562. The molecule has 0 saturated carbocycles. The van der Waals surface area contributed by atoms with E-state index in [0.717, 1.165) is 17.1 Å². The predicted molar refractivity (Wildman–Crippen MR) is 71.8 cm³/mol. The summed E-state index contributed by atoms with van der Waals surface area (Å²) in [6, 6.07) is 7.78. The van der Waals surface area contributed by atoms with Crippen LogP contribution in [0.1, 0.15) is 17.1 Å². The molecular weight excluding hydrogens is 240 g/mol. The third-order valence-electron chi connectivity index (χ3n) is 2.77. The minimum Gasteiger partial charge on any atom is -0.347 e. The first-order valence-corrected chi connectivity index (χ1v) is 6.07. The van der Waals surface area contributed by atoms with Gasteiger partial charge in [0.2, 0.25) is 5.95 Å². The molecule has 3 aromatic heterocycles. The van der Waals surface area contributed by atoms with Gasteiger partial charge in [-0.15, -0.1) is 5.10 Å². The van der Waals surface area contributed by atoms with Crippen molar-refractivity contribution in [2.45, 2.75) is 20.4 Å². The molecule has 0 saturated heterocycles. The van der Waals surface area contributed by atoms with Crippen molar-refractivity contribution >= 4 is 11.7 Å². The zero-order valence-electron chi connectivity index (χ0n) is 10.8. The van der Waals surface area contributed by atoms with Crippen LogP contribution in [0.2, 0.25) is 0 Å². The SMILES string of the molecule is Cc1cc(C)n2nc(NCc3ccccn3)nc2n1. The molecule has 0 aliphatic carbocycles. The molecule has 0 aliphatic heterocycles. The smallest absolute Gasteiger partial charge is 0.254 e. The van der Waals surface area contributed by atoms with Crippen LogP contribution >= 0.6 is 0 Å². The van der Waals surface area contributed by atoms with E-state index >= 15 is 0 Å². The third kappa shape index (κ3) is 2.37. The fourth-order valence-corrected chi connectivity index (χ4v) is 1.91. The Morgan fingerprint density at radius 2 is 2.11 bits per heavy atom. The number of fused-ring (bicyclic) bond motifs is 1. The Morgan fingerprint density at radius 1 is 1.21 bits per heavy atom. The first-order valence-electron chi connectivity index (χ1n) is 6.07. The number of hydrogen-bond donors (Lipinski definition) is 1. The monoisotopic (exact) mass is 254 g/mol. The van der Waals surface area contributed by atoms with Crippen LogP contribution in [0.5, 0.6) is 0 Å². The van der Waals surface area contributed by atoms with Crippen molar-refractivity contribution in [1.82, 2.24) is 24.6 Å². The van der Waals surface area contributed by atoms with Crippen LogP contribution in [-0.2, 0) is 6.54 Å². The van der Waals surface area contributed by atoms with E-state index in [1.807, 2.05) is 38.1 Å². The van der Waals surface area contributed by atoms with Crippen LogP contribution in [0.15, 0.2) is 30.5 Å². The lowest BCUT2D eigenvalue weighted by atomic mass is 10.3. The summed E-state index contributed by atoms with van der Waals surface area (Å²) in [5.74, 6) is 1.17. The molecule has 0 unspecified atom stereocenters. The van der Waals surface area contributed by atoms with Crippen molar-refractivity contribution in [2.75, 3.05) is 5.32 Å². The normalized spacial score (nSPS) is 10.8. The summed E-state index contributed by atoms with van der Waals surface area (Å²) in [7, 11) is 0. The number of anilines is 1. The highest BCUT2D eigenvalue weighted by molar-refractivity contribution is 5.39. The molecule has 0 radical (unpaired) electrons. The molecule has 0 bridgehead atoms. The Kier molecular flexibility index (Phi) is 2.83. The number of aryl methyl sites for hydroxylation is 2. The summed E-state index contributed by atoms with van der Waals surface area (Å²) in [5, 5.41) is 7.52. The van der Waals surface area contributed by atoms with Crippen LogP contribution in [0.25, 0.3) is 5.78 Å². The summed E-state index contributed by atoms with van der Waals surface area (Å²) in [5.41, 5.74) is 2.90. The second kappa shape index (κ2) is 4.64. The number of nitrogens with zero attached hydrogens (tertiary/aromatic N) is 5. The van der Waals surface area contributed by atoms with Gasteiger partial charge in [-0.25, -0.2) is 4.98 Å². The van der Waals surface area contributed by atoms with Crippen LogP contribution in [-0.4, -0.2) is 24.6 Å². The number of nitrogens with one attached hydrogen (secondary N) is 1. The molecule has 19 heavy (non-hydrogen) atoms. The molecule has 1 N–H and O–H groups in total. The van der Waals surface area contributed by atoms with Crippen LogP contribution in [0.3, 0.4) is 0 Å². The molecule has 3 aromatic rings. The lowest BCUT2D eigenvalue weighted by Crippen LogP contribution is -2.03. The molecule has 0 fully saturated rings. The molecule has 6 heteroatoms. The second-order valence-corrected chi connectivity index (χ2v) is 4.36. The fraction of sp³-hybridized carbons (Fsp3) is 0.231. The first-order chi connectivity index (χ1) is 9.22. The molecule has 6 nitrogen and oxygen atoms in total.